The molecule has 73 heavy (non-hydrogen) atoms. The number of allylic oxidation sites excluding steroid dienone is 1. The van der Waals surface area contributed by atoms with E-state index in [2.05, 4.69) is 19.9 Å². The van der Waals surface area contributed by atoms with Gasteiger partial charge in [-0.1, -0.05) is 39.3 Å². The van der Waals surface area contributed by atoms with Crippen molar-refractivity contribution in [1.82, 2.24) is 0 Å². The zero-order chi connectivity index (χ0) is 52.9. The zero-order valence-corrected chi connectivity index (χ0v) is 42.2. The van der Waals surface area contributed by atoms with E-state index < -0.39 is 165 Å². The fourth-order valence-corrected chi connectivity index (χ4v) is 14.6. The van der Waals surface area contributed by atoms with Gasteiger partial charge in [-0.3, -0.25) is 0 Å². The van der Waals surface area contributed by atoms with Crippen LogP contribution in [0.3, 0.4) is 0 Å². The van der Waals surface area contributed by atoms with Crippen molar-refractivity contribution in [2.75, 3.05) is 26.4 Å². The van der Waals surface area contributed by atoms with Crippen LogP contribution in [0.2, 0.25) is 0 Å². The molecule has 0 aromatic heterocycles. The number of fused-ring (bicyclic) bond motifs is 7. The minimum Gasteiger partial charge on any atom is -0.394 e. The van der Waals surface area contributed by atoms with Gasteiger partial charge in [-0.2, -0.15) is 0 Å². The van der Waals surface area contributed by atoms with Crippen LogP contribution < -0.4 is 0 Å². The molecule has 30 atom stereocenters. The van der Waals surface area contributed by atoms with Crippen LogP contribution >= 0.6 is 0 Å². The van der Waals surface area contributed by atoms with E-state index in [1.807, 2.05) is 13.8 Å². The summed E-state index contributed by atoms with van der Waals surface area (Å²) in [6.45, 7) is 8.19. The summed E-state index contributed by atoms with van der Waals surface area (Å²) in [6.07, 6.45) is -21.2. The Kier molecular flexibility index (Phi) is 16.6. The van der Waals surface area contributed by atoms with Crippen LogP contribution in [0.5, 0.6) is 0 Å². The van der Waals surface area contributed by atoms with Crippen molar-refractivity contribution in [3.63, 3.8) is 0 Å². The lowest BCUT2D eigenvalue weighted by atomic mass is 9.46. The molecular weight excluding hydrogens is 969 g/mol. The van der Waals surface area contributed by atoms with E-state index in [0.29, 0.717) is 25.7 Å². The Labute approximate surface area is 424 Å². The smallest absolute Gasteiger partial charge is 0.187 e. The van der Waals surface area contributed by atoms with Gasteiger partial charge in [-0.15, -0.1) is 0 Å². The van der Waals surface area contributed by atoms with E-state index in [-0.39, 0.29) is 48.7 Å². The summed E-state index contributed by atoms with van der Waals surface area (Å²) < 4.78 is 53.9. The topological polar surface area (TPSA) is 366 Å². The van der Waals surface area contributed by atoms with Crippen LogP contribution in [0.25, 0.3) is 0 Å². The van der Waals surface area contributed by atoms with E-state index >= 15 is 0 Å². The first-order chi connectivity index (χ1) is 34.4. The molecule has 5 saturated heterocycles. The summed E-state index contributed by atoms with van der Waals surface area (Å²) in [4.78, 5) is 0. The van der Waals surface area contributed by atoms with Crippen LogP contribution in [-0.4, -0.2) is 238 Å². The van der Waals surface area contributed by atoms with E-state index in [4.69, 9.17) is 42.6 Å². The van der Waals surface area contributed by atoms with E-state index in [1.165, 1.54) is 12.5 Å². The highest BCUT2D eigenvalue weighted by Gasteiger charge is 2.75. The van der Waals surface area contributed by atoms with Crippen molar-refractivity contribution in [1.29, 1.82) is 0 Å². The maximum Gasteiger partial charge on any atom is 0.187 e. The van der Waals surface area contributed by atoms with E-state index in [9.17, 15) is 71.5 Å². The molecule has 5 heterocycles. The van der Waals surface area contributed by atoms with Gasteiger partial charge >= 0.3 is 0 Å². The number of ether oxygens (including phenoxy) is 9. The fraction of sp³-hybridized carbons (Fsp3) is 0.960. The average Bonchev–Trinajstić information content (AvgIpc) is 3.71. The van der Waals surface area contributed by atoms with Gasteiger partial charge in [0.25, 0.3) is 0 Å². The third-order valence-electron chi connectivity index (χ3n) is 19.4. The van der Waals surface area contributed by atoms with Gasteiger partial charge < -0.3 is 114 Å². The Bertz CT molecular complexity index is 1920. The Morgan fingerprint density at radius 1 is 0.685 bits per heavy atom. The van der Waals surface area contributed by atoms with Crippen molar-refractivity contribution < 1.29 is 114 Å². The number of hydrogen-bond acceptors (Lipinski definition) is 23. The molecule has 5 aliphatic heterocycles. The highest BCUT2D eigenvalue weighted by Crippen LogP contribution is 2.71. The van der Waals surface area contributed by atoms with E-state index in [1.54, 1.807) is 0 Å². The maximum absolute atomic E-state index is 12.9. The molecule has 0 aromatic rings. The lowest BCUT2D eigenvalue weighted by Crippen LogP contribution is -2.64. The average molecular weight is 1050 g/mol. The van der Waals surface area contributed by atoms with Gasteiger partial charge in [0, 0.05) is 17.8 Å². The lowest BCUT2D eigenvalue weighted by molar-refractivity contribution is -0.376. The molecule has 23 nitrogen and oxygen atoms in total. The summed E-state index contributed by atoms with van der Waals surface area (Å²) in [6, 6.07) is 0. The predicted molar refractivity (Wildman–Crippen MR) is 246 cm³/mol. The van der Waals surface area contributed by atoms with Gasteiger partial charge in [0.05, 0.1) is 44.7 Å². The van der Waals surface area contributed by atoms with Gasteiger partial charge in [0.15, 0.2) is 30.9 Å². The first-order valence-electron chi connectivity index (χ1n) is 26.4. The van der Waals surface area contributed by atoms with Gasteiger partial charge in [0.2, 0.25) is 0 Å². The molecule has 0 bridgehead atoms. The van der Waals surface area contributed by atoms with Crippen molar-refractivity contribution in [2.24, 2.45) is 40.4 Å². The second-order valence-corrected chi connectivity index (χ2v) is 23.5. The normalized spacial score (nSPS) is 55.5. The summed E-state index contributed by atoms with van der Waals surface area (Å²) in [5.74, 6) is -1.78. The predicted octanol–water partition coefficient (Wildman–Crippen LogP) is -3.25. The first-order valence-corrected chi connectivity index (χ1v) is 26.4. The molecule has 9 aliphatic rings. The Morgan fingerprint density at radius 2 is 1.30 bits per heavy atom. The van der Waals surface area contributed by atoms with Crippen LogP contribution in [0.15, 0.2) is 11.6 Å². The summed E-state index contributed by atoms with van der Waals surface area (Å²) in [7, 11) is 0. The Balaban J connectivity index is 0.841. The molecule has 0 aromatic carbocycles. The number of aliphatic hydroxyl groups excluding tert-OH is 12. The SMILES string of the molecule is C[C@H](CC[C@@]1(O)O[C@H]2C[C@H]3[C@@H]4CC=C5C[C@@H](O[C@@H]6OC[C@@H](O[C@@H]7O[C@H](CO)[C@@H](O)[C@H](O)[C@H]7O)[C@H](O)[C@H]6O[C@H]6O[C@@H](C)[C@H](O)[C@@H](O)[C@H]6O)CC[C@]5(C)[C@H]4CC[C@]3(C)[C@@]2(O)[C@@H]1C)CO[C@@H]1O[C@H](CO)[C@@H](O)[C@H](O)[C@H]1O. The van der Waals surface area contributed by atoms with Crippen molar-refractivity contribution in [2.45, 2.75) is 233 Å². The van der Waals surface area contributed by atoms with Crippen LogP contribution in [-0.2, 0) is 42.6 Å². The number of aliphatic hydroxyl groups is 14. The minimum absolute atomic E-state index is 0.0860. The number of rotatable bonds is 14. The standard InChI is InChI=1S/C50H82O23/c1-20(18-65-43-39(60)37(58)33(54)28(16-51)69-43)8-13-49(63)22(3)50(64)31(73-49)15-27-25-7-6-23-14-24(9-11-47(23,4)26(25)10-12-48(27,50)5)68-46-42(72-44-40(61)36(57)32(53)21(2)67-44)35(56)30(19-66-46)71-45-41(62)38(59)34(55)29(17-52)70-45/h6,20-22,24-46,51-64H,7-19H2,1-5H3/t20-,21+,22-,24+,25-,26+,27+,28-,29-,30-,31+,32+,33-,34-,35+,36-,37+,38+,39-,40-,41-,42-,43-,44-,45+,46+,47+,48+,49-,50-/m1/s1. The molecule has 9 rings (SSSR count). The molecule has 4 aliphatic carbocycles. The molecule has 8 fully saturated rings. The third-order valence-corrected chi connectivity index (χ3v) is 19.4. The first kappa shape index (κ1) is 56.5. The Morgan fingerprint density at radius 3 is 1.96 bits per heavy atom. The summed E-state index contributed by atoms with van der Waals surface area (Å²) in [5, 5.41) is 150. The summed E-state index contributed by atoms with van der Waals surface area (Å²) in [5.41, 5.74) is -0.835. The van der Waals surface area contributed by atoms with Gasteiger partial charge in [0.1, 0.15) is 91.1 Å². The lowest BCUT2D eigenvalue weighted by Gasteiger charge is -2.59. The molecule has 14 N–H and O–H groups in total. The van der Waals surface area contributed by atoms with Crippen molar-refractivity contribution >= 4 is 0 Å². The largest absolute Gasteiger partial charge is 0.394 e. The highest BCUT2D eigenvalue weighted by atomic mass is 16.8. The second-order valence-electron chi connectivity index (χ2n) is 23.5. The maximum atomic E-state index is 12.9. The monoisotopic (exact) mass is 1050 g/mol. The van der Waals surface area contributed by atoms with Gasteiger partial charge in [-0.05, 0) is 87.4 Å². The van der Waals surface area contributed by atoms with Crippen molar-refractivity contribution in [3.05, 3.63) is 11.6 Å². The molecule has 0 radical (unpaired) electrons. The second kappa shape index (κ2) is 21.5. The summed E-state index contributed by atoms with van der Waals surface area (Å²) >= 11 is 0. The minimum atomic E-state index is -1.77. The molecule has 3 saturated carbocycles. The fourth-order valence-electron chi connectivity index (χ4n) is 14.6. The molecule has 0 spiro atoms. The molecule has 0 unspecified atom stereocenters. The molecule has 0 amide bonds. The van der Waals surface area contributed by atoms with Crippen LogP contribution in [0.4, 0.5) is 0 Å². The van der Waals surface area contributed by atoms with Crippen LogP contribution in [0, 0.1) is 40.4 Å². The van der Waals surface area contributed by atoms with Crippen molar-refractivity contribution in [3.8, 4) is 0 Å². The van der Waals surface area contributed by atoms with E-state index in [0.717, 1.165) is 25.7 Å². The van der Waals surface area contributed by atoms with Gasteiger partial charge in [-0.25, -0.2) is 0 Å². The molecule has 23 heteroatoms. The molecular formula is C50H82O23. The quantitative estimate of drug-likeness (QED) is 0.0760. The zero-order valence-electron chi connectivity index (χ0n) is 42.2. The third kappa shape index (κ3) is 9.71. The van der Waals surface area contributed by atoms with Crippen LogP contribution in [0.1, 0.15) is 92.4 Å². The molecule has 420 valence electrons. The number of hydrogen-bond donors (Lipinski definition) is 14. The Hall–Kier alpha value is -1.18. The highest BCUT2D eigenvalue weighted by molar-refractivity contribution is 5.29.